The van der Waals surface area contributed by atoms with Crippen molar-refractivity contribution in [2.45, 2.75) is 65.0 Å². The van der Waals surface area contributed by atoms with Crippen LogP contribution in [0.25, 0.3) is 0 Å². The van der Waals surface area contributed by atoms with Crippen molar-refractivity contribution >= 4 is 5.91 Å². The molecule has 2 saturated heterocycles. The van der Waals surface area contributed by atoms with Gasteiger partial charge in [0.15, 0.2) is 5.82 Å². The largest absolute Gasteiger partial charge is 0.339 e. The molecule has 4 aliphatic rings. The predicted molar refractivity (Wildman–Crippen MR) is 80.9 cm³/mol. The lowest BCUT2D eigenvalue weighted by atomic mass is 9.57. The van der Waals surface area contributed by atoms with Gasteiger partial charge in [-0.1, -0.05) is 13.8 Å². The molecule has 6 heteroatoms. The maximum absolute atomic E-state index is 13.1. The Bertz CT molecular complexity index is 558. The van der Waals surface area contributed by atoms with Crippen molar-refractivity contribution < 1.29 is 4.79 Å². The molecule has 2 bridgehead atoms. The summed E-state index contributed by atoms with van der Waals surface area (Å²) in [4.78, 5) is 15.3. The van der Waals surface area contributed by atoms with E-state index in [1.165, 1.54) is 12.8 Å². The second-order valence-electron chi connectivity index (χ2n) is 7.79. The number of aryl methyl sites for hydroxylation is 2. The fraction of sp³-hybridized carbons (Fsp3) is 0.875. The second-order valence-corrected chi connectivity index (χ2v) is 7.79. The molecule has 3 atom stereocenters. The molecule has 5 rings (SSSR count). The van der Waals surface area contributed by atoms with Crippen LogP contribution in [0.5, 0.6) is 0 Å². The summed E-state index contributed by atoms with van der Waals surface area (Å²) in [7, 11) is 0. The van der Waals surface area contributed by atoms with Crippen LogP contribution in [-0.4, -0.2) is 43.6 Å². The van der Waals surface area contributed by atoms with Crippen LogP contribution in [0, 0.1) is 17.3 Å². The Morgan fingerprint density at radius 3 is 2.91 bits per heavy atom. The molecule has 120 valence electrons. The molecular formula is C16H25N5O. The van der Waals surface area contributed by atoms with Crippen molar-refractivity contribution in [1.82, 2.24) is 25.1 Å². The first kappa shape index (κ1) is 14.2. The van der Waals surface area contributed by atoms with Crippen molar-refractivity contribution in [1.29, 1.82) is 0 Å². The highest BCUT2D eigenvalue weighted by Gasteiger charge is 2.53. The van der Waals surface area contributed by atoms with E-state index < -0.39 is 0 Å². The van der Waals surface area contributed by atoms with Gasteiger partial charge in [0, 0.05) is 31.5 Å². The lowest BCUT2D eigenvalue weighted by Gasteiger charge is -2.54. The highest BCUT2D eigenvalue weighted by Crippen LogP contribution is 2.53. The standard InChI is InChI=1S/C16H25N5O/c1-16(2)12-4-3-8-20(13(16)10-12)15(22)11-5-6-14-17-18-19-21(14)9-7-11/h11-13H,3-10H2,1-2H3. The van der Waals surface area contributed by atoms with E-state index in [0.717, 1.165) is 50.5 Å². The van der Waals surface area contributed by atoms with Crippen molar-refractivity contribution in [3.63, 3.8) is 0 Å². The van der Waals surface area contributed by atoms with Gasteiger partial charge in [-0.2, -0.15) is 0 Å². The number of hydrogen-bond acceptors (Lipinski definition) is 4. The van der Waals surface area contributed by atoms with Gasteiger partial charge < -0.3 is 4.90 Å². The third-order valence-electron chi connectivity index (χ3n) is 6.39. The van der Waals surface area contributed by atoms with Gasteiger partial charge in [-0.05, 0) is 53.9 Å². The Morgan fingerprint density at radius 1 is 1.23 bits per heavy atom. The molecule has 22 heavy (non-hydrogen) atoms. The van der Waals surface area contributed by atoms with E-state index in [4.69, 9.17) is 0 Å². The smallest absolute Gasteiger partial charge is 0.226 e. The molecule has 1 aliphatic carbocycles. The summed E-state index contributed by atoms with van der Waals surface area (Å²) in [6.07, 6.45) is 6.21. The van der Waals surface area contributed by atoms with Gasteiger partial charge in [0.25, 0.3) is 0 Å². The van der Waals surface area contributed by atoms with Gasteiger partial charge in [0.05, 0.1) is 0 Å². The number of nitrogens with zero attached hydrogens (tertiary/aromatic N) is 5. The number of rotatable bonds is 1. The van der Waals surface area contributed by atoms with Gasteiger partial charge in [0.1, 0.15) is 0 Å². The molecule has 1 aromatic heterocycles. The zero-order chi connectivity index (χ0) is 15.3. The highest BCUT2D eigenvalue weighted by molar-refractivity contribution is 5.79. The first-order valence-corrected chi connectivity index (χ1v) is 8.63. The Kier molecular flexibility index (Phi) is 3.24. The van der Waals surface area contributed by atoms with Gasteiger partial charge in [-0.15, -0.1) is 5.10 Å². The lowest BCUT2D eigenvalue weighted by molar-refractivity contribution is -0.147. The molecule has 1 saturated carbocycles. The van der Waals surface area contributed by atoms with E-state index in [1.54, 1.807) is 0 Å². The lowest BCUT2D eigenvalue weighted by Crippen LogP contribution is -2.58. The summed E-state index contributed by atoms with van der Waals surface area (Å²) in [5.74, 6) is 2.23. The second kappa shape index (κ2) is 5.03. The van der Waals surface area contributed by atoms with E-state index >= 15 is 0 Å². The van der Waals surface area contributed by atoms with Crippen molar-refractivity contribution in [3.05, 3.63) is 5.82 Å². The van der Waals surface area contributed by atoms with Gasteiger partial charge in [-0.25, -0.2) is 4.68 Å². The molecule has 6 nitrogen and oxygen atoms in total. The predicted octanol–water partition coefficient (Wildman–Crippen LogP) is 1.66. The Morgan fingerprint density at radius 2 is 2.09 bits per heavy atom. The third kappa shape index (κ3) is 2.07. The van der Waals surface area contributed by atoms with E-state index in [1.807, 2.05) is 4.68 Å². The molecule has 0 N–H and O–H groups in total. The van der Waals surface area contributed by atoms with Crippen LogP contribution in [0.15, 0.2) is 0 Å². The molecule has 1 amide bonds. The van der Waals surface area contributed by atoms with Crippen LogP contribution < -0.4 is 0 Å². The summed E-state index contributed by atoms with van der Waals surface area (Å²) in [5, 5.41) is 11.8. The average molecular weight is 303 g/mol. The van der Waals surface area contributed by atoms with Gasteiger partial charge in [0.2, 0.25) is 5.91 Å². The van der Waals surface area contributed by atoms with E-state index in [-0.39, 0.29) is 5.92 Å². The zero-order valence-electron chi connectivity index (χ0n) is 13.5. The fourth-order valence-electron chi connectivity index (χ4n) is 4.72. The number of hydrogen-bond donors (Lipinski definition) is 0. The molecule has 3 unspecified atom stereocenters. The van der Waals surface area contributed by atoms with E-state index in [2.05, 4.69) is 34.3 Å². The topological polar surface area (TPSA) is 63.9 Å². The molecule has 3 fully saturated rings. The van der Waals surface area contributed by atoms with Crippen LogP contribution >= 0.6 is 0 Å². The minimum atomic E-state index is 0.122. The number of carbonyl (C=O) groups excluding carboxylic acids is 1. The van der Waals surface area contributed by atoms with Crippen molar-refractivity contribution in [3.8, 4) is 0 Å². The summed E-state index contributed by atoms with van der Waals surface area (Å²) in [6.45, 7) is 6.40. The maximum Gasteiger partial charge on any atom is 0.226 e. The third-order valence-corrected chi connectivity index (χ3v) is 6.39. The van der Waals surface area contributed by atoms with Crippen molar-refractivity contribution in [2.24, 2.45) is 17.3 Å². The zero-order valence-corrected chi connectivity index (χ0v) is 13.5. The minimum Gasteiger partial charge on any atom is -0.339 e. The molecule has 0 aromatic carbocycles. The van der Waals surface area contributed by atoms with Crippen LogP contribution in [0.2, 0.25) is 0 Å². The highest BCUT2D eigenvalue weighted by atomic mass is 16.2. The Labute approximate surface area is 131 Å². The molecule has 0 spiro atoms. The minimum absolute atomic E-state index is 0.122. The number of aromatic nitrogens is 4. The quantitative estimate of drug-likeness (QED) is 0.791. The first-order valence-electron chi connectivity index (χ1n) is 8.63. The first-order chi connectivity index (χ1) is 10.6. The van der Waals surface area contributed by atoms with Gasteiger partial charge in [-0.3, -0.25) is 4.79 Å². The molecule has 1 aromatic rings. The molecule has 0 radical (unpaired) electrons. The number of amides is 1. The monoisotopic (exact) mass is 303 g/mol. The number of fused-ring (bicyclic) bond motifs is 4. The Balaban J connectivity index is 1.49. The average Bonchev–Trinajstić information content (AvgIpc) is 2.69. The number of carbonyl (C=O) groups is 1. The summed E-state index contributed by atoms with van der Waals surface area (Å²) in [5.41, 5.74) is 0.301. The molecular weight excluding hydrogens is 278 g/mol. The summed E-state index contributed by atoms with van der Waals surface area (Å²) < 4.78 is 1.86. The molecule has 4 heterocycles. The SMILES string of the molecule is CC1(C)C2CCCN(C(=O)C3CCc4nnnn4CC3)C1C2. The summed E-state index contributed by atoms with van der Waals surface area (Å²) >= 11 is 0. The van der Waals surface area contributed by atoms with Crippen LogP contribution in [0.4, 0.5) is 0 Å². The summed E-state index contributed by atoms with van der Waals surface area (Å²) in [6, 6.07) is 0.451. The van der Waals surface area contributed by atoms with Crippen LogP contribution in [0.3, 0.4) is 0 Å². The van der Waals surface area contributed by atoms with E-state index in [9.17, 15) is 4.79 Å². The Hall–Kier alpha value is -1.46. The normalized spacial score (nSPS) is 33.4. The van der Waals surface area contributed by atoms with Crippen molar-refractivity contribution in [2.75, 3.05) is 6.54 Å². The van der Waals surface area contributed by atoms with Crippen LogP contribution in [0.1, 0.15) is 51.8 Å². The maximum atomic E-state index is 13.1. The number of tetrazole rings is 1. The van der Waals surface area contributed by atoms with Crippen LogP contribution in [-0.2, 0) is 17.8 Å². The molecule has 3 aliphatic heterocycles. The van der Waals surface area contributed by atoms with Gasteiger partial charge >= 0.3 is 0 Å². The van der Waals surface area contributed by atoms with E-state index in [0.29, 0.717) is 17.4 Å². The fourth-order valence-corrected chi connectivity index (χ4v) is 4.72.